The van der Waals surface area contributed by atoms with Crippen molar-refractivity contribution in [3.05, 3.63) is 40.0 Å². The Morgan fingerprint density at radius 2 is 1.88 bits per heavy atom. The molecule has 1 aromatic carbocycles. The van der Waals surface area contributed by atoms with Gasteiger partial charge in [0.25, 0.3) is 5.91 Å². The molecule has 1 aliphatic carbocycles. The van der Waals surface area contributed by atoms with Crippen LogP contribution in [0.2, 0.25) is 0 Å². The summed E-state index contributed by atoms with van der Waals surface area (Å²) in [5.41, 5.74) is 8.31. The Kier molecular flexibility index (Phi) is 7.93. The average molecular weight is 435 g/mol. The Morgan fingerprint density at radius 3 is 2.54 bits per heavy atom. The highest BCUT2D eigenvalue weighted by atomic mass is 79.9. The summed E-state index contributed by atoms with van der Waals surface area (Å²) >= 11 is 3.45. The van der Waals surface area contributed by atoms with Crippen LogP contribution in [-0.4, -0.2) is 23.0 Å². The van der Waals surface area contributed by atoms with Gasteiger partial charge in [-0.2, -0.15) is 0 Å². The number of aryl methyl sites for hydroxylation is 1. The summed E-state index contributed by atoms with van der Waals surface area (Å²) in [4.78, 5) is 17.2. The lowest BCUT2D eigenvalue weighted by Gasteiger charge is -2.27. The van der Waals surface area contributed by atoms with Crippen LogP contribution in [0.5, 0.6) is 0 Å². The third-order valence-corrected chi connectivity index (χ3v) is 4.74. The van der Waals surface area contributed by atoms with Crippen molar-refractivity contribution in [1.82, 2.24) is 10.3 Å². The van der Waals surface area contributed by atoms with E-state index in [0.717, 1.165) is 46.8 Å². The molecule has 3 rings (SSSR count). The molecule has 2 aromatic rings. The highest BCUT2D eigenvalue weighted by Gasteiger charge is 2.21. The fourth-order valence-corrected chi connectivity index (χ4v) is 3.40. The first-order valence-electron chi connectivity index (χ1n) is 7.66. The molecule has 0 saturated heterocycles. The smallest absolute Gasteiger partial charge is 0.252 e. The number of carbonyl (C=O) groups is 1. The predicted octanol–water partition coefficient (Wildman–Crippen LogP) is 4.15. The number of amides is 1. The second kappa shape index (κ2) is 8.99. The van der Waals surface area contributed by atoms with Crippen LogP contribution in [0, 0.1) is 6.92 Å². The van der Waals surface area contributed by atoms with E-state index in [-0.39, 0.29) is 42.8 Å². The van der Waals surface area contributed by atoms with Crippen LogP contribution in [0.4, 0.5) is 0 Å². The van der Waals surface area contributed by atoms with E-state index in [4.69, 9.17) is 5.73 Å². The molecule has 0 spiro atoms. The normalized spacial score (nSPS) is 20.0. The number of benzene rings is 1. The van der Waals surface area contributed by atoms with E-state index < -0.39 is 0 Å². The van der Waals surface area contributed by atoms with Crippen LogP contribution < -0.4 is 11.1 Å². The van der Waals surface area contributed by atoms with Gasteiger partial charge in [0.15, 0.2) is 0 Å². The number of hydrogen-bond donors (Lipinski definition) is 2. The highest BCUT2D eigenvalue weighted by Crippen LogP contribution is 2.23. The number of nitrogens with one attached hydrogen (secondary N) is 1. The maximum absolute atomic E-state index is 12.7. The monoisotopic (exact) mass is 433 g/mol. The molecule has 24 heavy (non-hydrogen) atoms. The third-order valence-electron chi connectivity index (χ3n) is 4.25. The van der Waals surface area contributed by atoms with Gasteiger partial charge in [-0.05, 0) is 50.8 Å². The number of fused-ring (bicyclic) bond motifs is 1. The molecular formula is C17H22BrCl2N3O. The number of hydrogen-bond acceptors (Lipinski definition) is 3. The summed E-state index contributed by atoms with van der Waals surface area (Å²) in [6.07, 6.45) is 3.88. The molecule has 4 nitrogen and oxygen atoms in total. The van der Waals surface area contributed by atoms with Crippen molar-refractivity contribution in [1.29, 1.82) is 0 Å². The van der Waals surface area contributed by atoms with E-state index in [1.807, 2.05) is 31.2 Å². The van der Waals surface area contributed by atoms with E-state index in [2.05, 4.69) is 26.2 Å². The number of halogens is 3. The number of nitrogens with two attached hydrogens (primary N) is 1. The highest BCUT2D eigenvalue weighted by molar-refractivity contribution is 9.10. The molecule has 1 aromatic heterocycles. The first-order valence-corrected chi connectivity index (χ1v) is 8.45. The van der Waals surface area contributed by atoms with Crippen LogP contribution in [-0.2, 0) is 0 Å². The predicted molar refractivity (Wildman–Crippen MR) is 106 cm³/mol. The van der Waals surface area contributed by atoms with Gasteiger partial charge in [-0.25, -0.2) is 0 Å². The summed E-state index contributed by atoms with van der Waals surface area (Å²) < 4.78 is 0.964. The van der Waals surface area contributed by atoms with Gasteiger partial charge in [0.1, 0.15) is 0 Å². The Hall–Kier alpha value is -0.880. The zero-order valence-corrected chi connectivity index (χ0v) is 16.6. The average Bonchev–Trinajstić information content (AvgIpc) is 2.48. The molecule has 0 aliphatic heterocycles. The lowest BCUT2D eigenvalue weighted by Crippen LogP contribution is -2.40. The quantitative estimate of drug-likeness (QED) is 0.745. The van der Waals surface area contributed by atoms with E-state index in [1.165, 1.54) is 0 Å². The largest absolute Gasteiger partial charge is 0.349 e. The zero-order valence-electron chi connectivity index (χ0n) is 13.4. The molecule has 1 amide bonds. The first-order chi connectivity index (χ1) is 10.5. The minimum Gasteiger partial charge on any atom is -0.349 e. The van der Waals surface area contributed by atoms with Crippen LogP contribution in [0.3, 0.4) is 0 Å². The Labute approximate surface area is 162 Å². The van der Waals surface area contributed by atoms with Crippen LogP contribution in [0.1, 0.15) is 41.7 Å². The van der Waals surface area contributed by atoms with Crippen molar-refractivity contribution < 1.29 is 4.79 Å². The number of nitrogens with zero attached hydrogens (tertiary/aromatic N) is 1. The molecule has 3 N–H and O–H groups in total. The lowest BCUT2D eigenvalue weighted by molar-refractivity contribution is 0.0927. The second-order valence-corrected chi connectivity index (χ2v) is 6.97. The standard InChI is InChI=1S/C17H20BrN3O.2ClH/c1-10-8-15(14-7-2-11(18)9-16(14)20-10)17(22)21-13-5-3-12(19)4-6-13;;/h2,7-9,12-13H,3-6,19H2,1H3,(H,21,22);2*1H. The number of rotatable bonds is 2. The number of carbonyl (C=O) groups excluding carboxylic acids is 1. The van der Waals surface area contributed by atoms with Gasteiger partial charge >= 0.3 is 0 Å². The molecule has 0 bridgehead atoms. The molecule has 0 unspecified atom stereocenters. The fourth-order valence-electron chi connectivity index (χ4n) is 3.05. The summed E-state index contributed by atoms with van der Waals surface area (Å²) in [6, 6.07) is 8.20. The second-order valence-electron chi connectivity index (χ2n) is 6.06. The number of aromatic nitrogens is 1. The van der Waals surface area contributed by atoms with E-state index in [9.17, 15) is 4.79 Å². The van der Waals surface area contributed by atoms with Crippen molar-refractivity contribution in [3.8, 4) is 0 Å². The maximum atomic E-state index is 12.7. The van der Waals surface area contributed by atoms with Crippen molar-refractivity contribution in [2.75, 3.05) is 0 Å². The summed E-state index contributed by atoms with van der Waals surface area (Å²) in [5.74, 6) is -0.0155. The van der Waals surface area contributed by atoms with E-state index >= 15 is 0 Å². The summed E-state index contributed by atoms with van der Waals surface area (Å²) in [5, 5.41) is 4.04. The van der Waals surface area contributed by atoms with Crippen LogP contribution in [0.15, 0.2) is 28.7 Å². The first kappa shape index (κ1) is 21.2. The zero-order chi connectivity index (χ0) is 15.7. The van der Waals surface area contributed by atoms with Crippen LogP contribution in [0.25, 0.3) is 10.9 Å². The molecule has 0 radical (unpaired) electrons. The van der Waals surface area contributed by atoms with Crippen molar-refractivity contribution in [2.24, 2.45) is 5.73 Å². The van der Waals surface area contributed by atoms with Crippen molar-refractivity contribution >= 4 is 57.6 Å². The molecule has 7 heteroatoms. The minimum atomic E-state index is -0.0155. The van der Waals surface area contributed by atoms with Gasteiger partial charge in [-0.1, -0.05) is 22.0 Å². The number of pyridine rings is 1. The molecule has 132 valence electrons. The lowest BCUT2D eigenvalue weighted by atomic mass is 9.91. The third kappa shape index (κ3) is 4.82. The van der Waals surface area contributed by atoms with E-state index in [1.54, 1.807) is 0 Å². The topological polar surface area (TPSA) is 68.0 Å². The van der Waals surface area contributed by atoms with Gasteiger partial charge in [-0.15, -0.1) is 24.8 Å². The van der Waals surface area contributed by atoms with Gasteiger partial charge in [-0.3, -0.25) is 9.78 Å². The molecule has 1 aliphatic rings. The van der Waals surface area contributed by atoms with Gasteiger partial charge in [0.2, 0.25) is 0 Å². The van der Waals surface area contributed by atoms with Crippen molar-refractivity contribution in [2.45, 2.75) is 44.7 Å². The van der Waals surface area contributed by atoms with Crippen molar-refractivity contribution in [3.63, 3.8) is 0 Å². The molecule has 1 fully saturated rings. The Bertz CT molecular complexity index is 713. The van der Waals surface area contributed by atoms with Gasteiger partial charge in [0.05, 0.1) is 11.1 Å². The van der Waals surface area contributed by atoms with Crippen LogP contribution >= 0.6 is 40.7 Å². The molecular weight excluding hydrogens is 413 g/mol. The minimum absolute atomic E-state index is 0. The van der Waals surface area contributed by atoms with Gasteiger partial charge in [0, 0.05) is 27.6 Å². The maximum Gasteiger partial charge on any atom is 0.252 e. The molecule has 1 saturated carbocycles. The Morgan fingerprint density at radius 1 is 1.21 bits per heavy atom. The van der Waals surface area contributed by atoms with Gasteiger partial charge < -0.3 is 11.1 Å². The SMILES string of the molecule is Cc1cc(C(=O)NC2CCC(N)CC2)c2ccc(Br)cc2n1.Cl.Cl. The summed E-state index contributed by atoms with van der Waals surface area (Å²) in [7, 11) is 0. The fraction of sp³-hybridized carbons (Fsp3) is 0.412. The Balaban J connectivity index is 0.00000144. The van der Waals surface area contributed by atoms with E-state index in [0.29, 0.717) is 5.56 Å². The summed E-state index contributed by atoms with van der Waals surface area (Å²) in [6.45, 7) is 1.91. The molecule has 1 heterocycles. The molecule has 0 atom stereocenters.